The van der Waals surface area contributed by atoms with Gasteiger partial charge in [0.15, 0.2) is 0 Å². The summed E-state index contributed by atoms with van der Waals surface area (Å²) in [5.74, 6) is 0.764. The van der Waals surface area contributed by atoms with Gasteiger partial charge in [0, 0.05) is 19.6 Å². The van der Waals surface area contributed by atoms with Gasteiger partial charge in [-0.05, 0) is 19.3 Å². The van der Waals surface area contributed by atoms with Crippen molar-refractivity contribution >= 4 is 11.7 Å². The second-order valence-electron chi connectivity index (χ2n) is 5.62. The first-order chi connectivity index (χ1) is 10.3. The van der Waals surface area contributed by atoms with Gasteiger partial charge >= 0.3 is 0 Å². The number of nitrogens with one attached hydrogen (secondary N) is 1. The van der Waals surface area contributed by atoms with Gasteiger partial charge in [-0.15, -0.1) is 0 Å². The van der Waals surface area contributed by atoms with Gasteiger partial charge in [-0.2, -0.15) is 0 Å². The first-order valence-electron chi connectivity index (χ1n) is 8.16. The molecule has 2 rings (SSSR count). The van der Waals surface area contributed by atoms with Crippen LogP contribution in [0.25, 0.3) is 0 Å². The van der Waals surface area contributed by atoms with E-state index in [9.17, 15) is 4.79 Å². The molecular formula is C16H26N4O. The molecule has 1 aromatic heterocycles. The van der Waals surface area contributed by atoms with Crippen LogP contribution in [0.2, 0.25) is 0 Å². The van der Waals surface area contributed by atoms with Crippen molar-refractivity contribution in [3.05, 3.63) is 18.1 Å². The number of hydrogen-bond acceptors (Lipinski definition) is 4. The van der Waals surface area contributed by atoms with E-state index in [4.69, 9.17) is 0 Å². The van der Waals surface area contributed by atoms with Crippen molar-refractivity contribution in [2.75, 3.05) is 24.5 Å². The van der Waals surface area contributed by atoms with E-state index in [1.807, 2.05) is 0 Å². The fourth-order valence-corrected chi connectivity index (χ4v) is 2.57. The molecule has 1 aliphatic heterocycles. The summed E-state index contributed by atoms with van der Waals surface area (Å²) in [7, 11) is 0. The summed E-state index contributed by atoms with van der Waals surface area (Å²) in [6.45, 7) is 4.94. The highest BCUT2D eigenvalue weighted by molar-refractivity contribution is 5.91. The molecule has 1 saturated heterocycles. The van der Waals surface area contributed by atoms with Crippen molar-refractivity contribution < 1.29 is 4.79 Å². The highest BCUT2D eigenvalue weighted by Gasteiger charge is 2.13. The van der Waals surface area contributed by atoms with Crippen LogP contribution in [0, 0.1) is 0 Å². The average molecular weight is 290 g/mol. The van der Waals surface area contributed by atoms with Crippen LogP contribution >= 0.6 is 0 Å². The van der Waals surface area contributed by atoms with Gasteiger partial charge in [-0.3, -0.25) is 4.79 Å². The van der Waals surface area contributed by atoms with Crippen molar-refractivity contribution in [1.29, 1.82) is 0 Å². The number of amides is 1. The summed E-state index contributed by atoms with van der Waals surface area (Å²) in [6, 6.07) is 0. The first kappa shape index (κ1) is 15.7. The molecule has 0 unspecified atom stereocenters. The van der Waals surface area contributed by atoms with Gasteiger partial charge in [0.05, 0.1) is 12.4 Å². The lowest BCUT2D eigenvalue weighted by Crippen LogP contribution is -2.27. The van der Waals surface area contributed by atoms with E-state index < -0.39 is 0 Å². The van der Waals surface area contributed by atoms with Gasteiger partial charge < -0.3 is 10.2 Å². The lowest BCUT2D eigenvalue weighted by Gasteiger charge is -2.20. The normalized spacial score (nSPS) is 15.6. The minimum absolute atomic E-state index is 0.124. The molecule has 116 valence electrons. The third kappa shape index (κ3) is 4.99. The maximum absolute atomic E-state index is 11.9. The molecule has 1 fully saturated rings. The zero-order valence-corrected chi connectivity index (χ0v) is 13.0. The van der Waals surface area contributed by atoms with Gasteiger partial charge in [0.25, 0.3) is 5.91 Å². The number of rotatable bonds is 6. The monoisotopic (exact) mass is 290 g/mol. The first-order valence-corrected chi connectivity index (χ1v) is 8.16. The third-order valence-electron chi connectivity index (χ3n) is 3.87. The van der Waals surface area contributed by atoms with Crippen LogP contribution in [0.1, 0.15) is 62.4 Å². The van der Waals surface area contributed by atoms with E-state index in [1.54, 1.807) is 12.4 Å². The van der Waals surface area contributed by atoms with Crippen molar-refractivity contribution in [1.82, 2.24) is 15.3 Å². The molecule has 0 saturated carbocycles. The topological polar surface area (TPSA) is 58.1 Å². The van der Waals surface area contributed by atoms with E-state index in [0.717, 1.165) is 38.2 Å². The van der Waals surface area contributed by atoms with Crippen LogP contribution in [0.4, 0.5) is 5.82 Å². The highest BCUT2D eigenvalue weighted by Crippen LogP contribution is 2.16. The second kappa shape index (κ2) is 8.60. The van der Waals surface area contributed by atoms with E-state index in [0.29, 0.717) is 12.2 Å². The number of carbonyl (C=O) groups excluding carboxylic acids is 1. The van der Waals surface area contributed by atoms with Crippen LogP contribution in [0.5, 0.6) is 0 Å². The number of unbranched alkanes of at least 4 members (excludes halogenated alkanes) is 2. The Balaban J connectivity index is 1.87. The third-order valence-corrected chi connectivity index (χ3v) is 3.87. The number of anilines is 1. The largest absolute Gasteiger partial charge is 0.355 e. The molecule has 0 radical (unpaired) electrons. The fourth-order valence-electron chi connectivity index (χ4n) is 2.57. The Hall–Kier alpha value is -1.65. The molecule has 5 heteroatoms. The lowest BCUT2D eigenvalue weighted by molar-refractivity contribution is 0.0947. The van der Waals surface area contributed by atoms with Crippen LogP contribution in [0.3, 0.4) is 0 Å². The second-order valence-corrected chi connectivity index (χ2v) is 5.62. The van der Waals surface area contributed by atoms with Gasteiger partial charge in [0.2, 0.25) is 0 Å². The number of hydrogen-bond donors (Lipinski definition) is 1. The average Bonchev–Trinajstić information content (AvgIpc) is 2.81. The maximum Gasteiger partial charge on any atom is 0.271 e. The molecule has 1 aromatic rings. The molecule has 5 nitrogen and oxygen atoms in total. The van der Waals surface area contributed by atoms with E-state index in [1.165, 1.54) is 25.7 Å². The zero-order chi connectivity index (χ0) is 14.9. The molecule has 0 aliphatic carbocycles. The van der Waals surface area contributed by atoms with Gasteiger partial charge in [-0.25, -0.2) is 9.97 Å². The van der Waals surface area contributed by atoms with Crippen LogP contribution in [-0.4, -0.2) is 35.5 Å². The number of nitrogens with zero attached hydrogens (tertiary/aromatic N) is 3. The predicted molar refractivity (Wildman–Crippen MR) is 84.6 cm³/mol. The van der Waals surface area contributed by atoms with E-state index in [2.05, 4.69) is 27.1 Å². The van der Waals surface area contributed by atoms with E-state index in [-0.39, 0.29) is 5.91 Å². The summed E-state index contributed by atoms with van der Waals surface area (Å²) in [6.07, 6.45) is 11.6. The standard InChI is InChI=1S/C16H26N4O/c1-2-3-6-9-17-16(21)14-12-19-15(13-18-14)20-10-7-4-5-8-11-20/h12-13H,2-11H2,1H3,(H,17,21). The van der Waals surface area contributed by atoms with Crippen molar-refractivity contribution in [2.45, 2.75) is 51.9 Å². The molecule has 1 amide bonds. The van der Waals surface area contributed by atoms with Crippen LogP contribution in [-0.2, 0) is 0 Å². The SMILES string of the molecule is CCCCCNC(=O)c1cnc(N2CCCCCC2)cn1. The van der Waals surface area contributed by atoms with Crippen LogP contribution < -0.4 is 10.2 Å². The fraction of sp³-hybridized carbons (Fsp3) is 0.688. The van der Waals surface area contributed by atoms with Gasteiger partial charge in [-0.1, -0.05) is 32.6 Å². The summed E-state index contributed by atoms with van der Waals surface area (Å²) >= 11 is 0. The Kier molecular flexibility index (Phi) is 6.44. The minimum atomic E-state index is -0.124. The highest BCUT2D eigenvalue weighted by atomic mass is 16.1. The predicted octanol–water partition coefficient (Wildman–Crippen LogP) is 2.78. The molecule has 0 aromatic carbocycles. The Bertz CT molecular complexity index is 424. The molecule has 0 atom stereocenters. The quantitative estimate of drug-likeness (QED) is 0.818. The Morgan fingerprint density at radius 3 is 2.52 bits per heavy atom. The summed E-state index contributed by atoms with van der Waals surface area (Å²) in [5, 5.41) is 2.89. The Morgan fingerprint density at radius 2 is 1.90 bits per heavy atom. The molecule has 1 N–H and O–H groups in total. The van der Waals surface area contributed by atoms with E-state index >= 15 is 0 Å². The summed E-state index contributed by atoms with van der Waals surface area (Å²) < 4.78 is 0. The Morgan fingerprint density at radius 1 is 1.14 bits per heavy atom. The van der Waals surface area contributed by atoms with Gasteiger partial charge in [0.1, 0.15) is 11.5 Å². The molecule has 2 heterocycles. The van der Waals surface area contributed by atoms with Crippen molar-refractivity contribution in [3.63, 3.8) is 0 Å². The molecule has 1 aliphatic rings. The maximum atomic E-state index is 11.9. The number of carbonyl (C=O) groups is 1. The minimum Gasteiger partial charge on any atom is -0.355 e. The zero-order valence-electron chi connectivity index (χ0n) is 13.0. The summed E-state index contributed by atoms with van der Waals surface area (Å²) in [5.41, 5.74) is 0.407. The molecule has 0 spiro atoms. The number of aromatic nitrogens is 2. The molecular weight excluding hydrogens is 264 g/mol. The van der Waals surface area contributed by atoms with Crippen molar-refractivity contribution in [3.8, 4) is 0 Å². The summed E-state index contributed by atoms with van der Waals surface area (Å²) in [4.78, 5) is 22.9. The lowest BCUT2D eigenvalue weighted by atomic mass is 10.2. The Labute approximate surface area is 127 Å². The van der Waals surface area contributed by atoms with Crippen molar-refractivity contribution in [2.24, 2.45) is 0 Å². The molecule has 0 bridgehead atoms. The molecule has 21 heavy (non-hydrogen) atoms. The smallest absolute Gasteiger partial charge is 0.271 e. The van der Waals surface area contributed by atoms with Crippen LogP contribution in [0.15, 0.2) is 12.4 Å².